The summed E-state index contributed by atoms with van der Waals surface area (Å²) in [5.74, 6) is -1.00. The number of hydrogen-bond donors (Lipinski definition) is 1. The van der Waals surface area contributed by atoms with E-state index in [1.165, 1.54) is 6.07 Å². The SMILES string of the molecule is CC(C)(CCCn1ccc2c(F)cccc21)C(=O)O. The summed E-state index contributed by atoms with van der Waals surface area (Å²) < 4.78 is 15.5. The number of aromatic nitrogens is 1. The number of fused-ring (bicyclic) bond motifs is 1. The Morgan fingerprint density at radius 2 is 2.11 bits per heavy atom. The van der Waals surface area contributed by atoms with Gasteiger partial charge in [0.25, 0.3) is 0 Å². The molecule has 0 atom stereocenters. The number of hydrogen-bond acceptors (Lipinski definition) is 1. The van der Waals surface area contributed by atoms with Gasteiger partial charge in [-0.15, -0.1) is 0 Å². The second kappa shape index (κ2) is 5.03. The lowest BCUT2D eigenvalue weighted by Crippen LogP contribution is -2.23. The van der Waals surface area contributed by atoms with Crippen LogP contribution in [-0.4, -0.2) is 15.6 Å². The van der Waals surface area contributed by atoms with Gasteiger partial charge < -0.3 is 9.67 Å². The monoisotopic (exact) mass is 263 g/mol. The van der Waals surface area contributed by atoms with Crippen molar-refractivity contribution in [2.75, 3.05) is 0 Å². The van der Waals surface area contributed by atoms with E-state index in [4.69, 9.17) is 5.11 Å². The van der Waals surface area contributed by atoms with Crippen LogP contribution in [0.15, 0.2) is 30.5 Å². The zero-order valence-corrected chi connectivity index (χ0v) is 11.2. The molecule has 0 fully saturated rings. The van der Waals surface area contributed by atoms with Crippen molar-refractivity contribution >= 4 is 16.9 Å². The first-order valence-corrected chi connectivity index (χ1v) is 6.38. The summed E-state index contributed by atoms with van der Waals surface area (Å²) in [5, 5.41) is 9.66. The second-order valence-electron chi connectivity index (χ2n) is 5.47. The van der Waals surface area contributed by atoms with Crippen molar-refractivity contribution in [3.8, 4) is 0 Å². The fourth-order valence-corrected chi connectivity index (χ4v) is 2.18. The van der Waals surface area contributed by atoms with E-state index < -0.39 is 11.4 Å². The molecule has 0 spiro atoms. The van der Waals surface area contributed by atoms with Crippen LogP contribution in [0.4, 0.5) is 4.39 Å². The molecule has 0 unspecified atom stereocenters. The van der Waals surface area contributed by atoms with Crippen molar-refractivity contribution in [3.05, 3.63) is 36.3 Å². The quantitative estimate of drug-likeness (QED) is 0.894. The molecule has 4 heteroatoms. The van der Waals surface area contributed by atoms with Crippen LogP contribution >= 0.6 is 0 Å². The Hall–Kier alpha value is -1.84. The van der Waals surface area contributed by atoms with Crippen LogP contribution in [0.5, 0.6) is 0 Å². The molecule has 0 bridgehead atoms. The summed E-state index contributed by atoms with van der Waals surface area (Å²) in [6.07, 6.45) is 3.19. The van der Waals surface area contributed by atoms with Gasteiger partial charge in [0.05, 0.1) is 10.9 Å². The molecule has 102 valence electrons. The standard InChI is InChI=1S/C15H18FNO2/c1-15(2,14(18)19)8-4-9-17-10-7-11-12(16)5-3-6-13(11)17/h3,5-7,10H,4,8-9H2,1-2H3,(H,18,19). The number of halogens is 1. The minimum atomic E-state index is -0.782. The van der Waals surface area contributed by atoms with E-state index in [-0.39, 0.29) is 5.82 Å². The van der Waals surface area contributed by atoms with E-state index in [2.05, 4.69) is 0 Å². The highest BCUT2D eigenvalue weighted by molar-refractivity contribution is 5.80. The average molecular weight is 263 g/mol. The Morgan fingerprint density at radius 3 is 2.79 bits per heavy atom. The fraction of sp³-hybridized carbons (Fsp3) is 0.400. The number of aliphatic carboxylic acids is 1. The molecule has 0 saturated heterocycles. The lowest BCUT2D eigenvalue weighted by atomic mass is 9.88. The summed E-state index contributed by atoms with van der Waals surface area (Å²) in [4.78, 5) is 11.0. The molecule has 0 amide bonds. The van der Waals surface area contributed by atoms with Crippen LogP contribution in [0.3, 0.4) is 0 Å². The van der Waals surface area contributed by atoms with E-state index in [0.29, 0.717) is 18.4 Å². The summed E-state index contributed by atoms with van der Waals surface area (Å²) in [7, 11) is 0. The molecule has 0 aliphatic carbocycles. The van der Waals surface area contributed by atoms with Crippen molar-refractivity contribution in [2.45, 2.75) is 33.2 Å². The average Bonchev–Trinajstić information content (AvgIpc) is 2.74. The first-order chi connectivity index (χ1) is 8.92. The summed E-state index contributed by atoms with van der Waals surface area (Å²) in [6.45, 7) is 4.15. The maximum atomic E-state index is 13.5. The minimum absolute atomic E-state index is 0.220. The number of carboxylic acids is 1. The highest BCUT2D eigenvalue weighted by Gasteiger charge is 2.26. The lowest BCUT2D eigenvalue weighted by Gasteiger charge is -2.18. The second-order valence-corrected chi connectivity index (χ2v) is 5.47. The largest absolute Gasteiger partial charge is 0.481 e. The normalized spacial score (nSPS) is 11.9. The summed E-state index contributed by atoms with van der Waals surface area (Å²) in [6, 6.07) is 6.77. The predicted octanol–water partition coefficient (Wildman–Crippen LogP) is 3.67. The third-order valence-corrected chi connectivity index (χ3v) is 3.54. The smallest absolute Gasteiger partial charge is 0.309 e. The van der Waals surface area contributed by atoms with E-state index in [1.807, 2.05) is 16.8 Å². The van der Waals surface area contributed by atoms with Gasteiger partial charge in [0.15, 0.2) is 0 Å². The van der Waals surface area contributed by atoms with Crippen molar-refractivity contribution in [2.24, 2.45) is 5.41 Å². The Bertz CT molecular complexity index is 601. The van der Waals surface area contributed by atoms with E-state index in [1.54, 1.807) is 26.0 Å². The molecule has 2 aromatic rings. The lowest BCUT2D eigenvalue weighted by molar-refractivity contribution is -0.147. The third-order valence-electron chi connectivity index (χ3n) is 3.54. The molecule has 0 radical (unpaired) electrons. The molecule has 1 aromatic heterocycles. The zero-order chi connectivity index (χ0) is 14.0. The van der Waals surface area contributed by atoms with Crippen LogP contribution in [-0.2, 0) is 11.3 Å². The Balaban J connectivity index is 2.07. The van der Waals surface area contributed by atoms with Crippen molar-refractivity contribution in [3.63, 3.8) is 0 Å². The number of rotatable bonds is 5. The summed E-state index contributed by atoms with van der Waals surface area (Å²) in [5.41, 5.74) is 0.141. The number of benzene rings is 1. The van der Waals surface area contributed by atoms with Crippen LogP contribution < -0.4 is 0 Å². The van der Waals surface area contributed by atoms with Crippen LogP contribution in [0.1, 0.15) is 26.7 Å². The van der Waals surface area contributed by atoms with Crippen molar-refractivity contribution < 1.29 is 14.3 Å². The third kappa shape index (κ3) is 2.78. The van der Waals surface area contributed by atoms with Crippen LogP contribution in [0.25, 0.3) is 10.9 Å². The van der Waals surface area contributed by atoms with Gasteiger partial charge >= 0.3 is 5.97 Å². The summed E-state index contributed by atoms with van der Waals surface area (Å²) >= 11 is 0. The van der Waals surface area contributed by atoms with Gasteiger partial charge in [-0.3, -0.25) is 4.79 Å². The fourth-order valence-electron chi connectivity index (χ4n) is 2.18. The zero-order valence-electron chi connectivity index (χ0n) is 11.2. The molecule has 0 saturated carbocycles. The Labute approximate surface area is 111 Å². The van der Waals surface area contributed by atoms with Gasteiger partial charge in [-0.25, -0.2) is 4.39 Å². The van der Waals surface area contributed by atoms with E-state index >= 15 is 0 Å². The van der Waals surface area contributed by atoms with Crippen LogP contribution in [0.2, 0.25) is 0 Å². The molecule has 2 rings (SSSR count). The van der Waals surface area contributed by atoms with Gasteiger partial charge in [0.1, 0.15) is 5.82 Å². The molecular weight excluding hydrogens is 245 g/mol. The molecule has 0 aliphatic heterocycles. The number of nitrogens with zero attached hydrogens (tertiary/aromatic N) is 1. The van der Waals surface area contributed by atoms with Gasteiger partial charge in [0.2, 0.25) is 0 Å². The molecule has 19 heavy (non-hydrogen) atoms. The molecule has 3 nitrogen and oxygen atoms in total. The van der Waals surface area contributed by atoms with Gasteiger partial charge in [-0.2, -0.15) is 0 Å². The highest BCUT2D eigenvalue weighted by atomic mass is 19.1. The minimum Gasteiger partial charge on any atom is -0.481 e. The number of carbonyl (C=O) groups is 1. The molecule has 1 heterocycles. The molecule has 0 aliphatic rings. The van der Waals surface area contributed by atoms with E-state index in [9.17, 15) is 9.18 Å². The van der Waals surface area contributed by atoms with Crippen LogP contribution in [0, 0.1) is 11.2 Å². The maximum absolute atomic E-state index is 13.5. The highest BCUT2D eigenvalue weighted by Crippen LogP contribution is 2.24. The van der Waals surface area contributed by atoms with E-state index in [0.717, 1.165) is 11.9 Å². The van der Waals surface area contributed by atoms with Gasteiger partial charge in [-0.1, -0.05) is 6.07 Å². The Morgan fingerprint density at radius 1 is 1.37 bits per heavy atom. The topological polar surface area (TPSA) is 42.2 Å². The van der Waals surface area contributed by atoms with Crippen molar-refractivity contribution in [1.82, 2.24) is 4.57 Å². The number of carboxylic acid groups (broad SMARTS) is 1. The first kappa shape index (κ1) is 13.6. The first-order valence-electron chi connectivity index (χ1n) is 6.38. The maximum Gasteiger partial charge on any atom is 0.309 e. The van der Waals surface area contributed by atoms with Gasteiger partial charge in [0, 0.05) is 18.1 Å². The van der Waals surface area contributed by atoms with Crippen molar-refractivity contribution in [1.29, 1.82) is 0 Å². The molecule has 1 aromatic carbocycles. The molecule has 1 N–H and O–H groups in total. The number of aryl methyl sites for hydroxylation is 1. The van der Waals surface area contributed by atoms with Gasteiger partial charge in [-0.05, 0) is 44.9 Å². The predicted molar refractivity (Wildman–Crippen MR) is 72.5 cm³/mol. The molecular formula is C15H18FNO2. The Kier molecular flexibility index (Phi) is 3.60.